The van der Waals surface area contributed by atoms with Crippen LogP contribution in [0, 0.1) is 5.92 Å². The molecule has 0 spiro atoms. The van der Waals surface area contributed by atoms with Crippen molar-refractivity contribution >= 4 is 5.69 Å². The molecule has 66 valence electrons. The lowest BCUT2D eigenvalue weighted by molar-refractivity contribution is 0.593. The molecule has 0 aliphatic carbocycles. The SMILES string of the molecule is CCC(C)CNc1ccncc1. The molecular weight excluding hydrogens is 148 g/mol. The number of nitrogens with one attached hydrogen (secondary N) is 1. The quantitative estimate of drug-likeness (QED) is 0.739. The van der Waals surface area contributed by atoms with E-state index in [2.05, 4.69) is 24.1 Å². The minimum absolute atomic E-state index is 0.734. The predicted octanol–water partition coefficient (Wildman–Crippen LogP) is 2.54. The monoisotopic (exact) mass is 164 g/mol. The van der Waals surface area contributed by atoms with Gasteiger partial charge in [-0.1, -0.05) is 20.3 Å². The van der Waals surface area contributed by atoms with E-state index >= 15 is 0 Å². The highest BCUT2D eigenvalue weighted by Gasteiger charge is 1.96. The van der Waals surface area contributed by atoms with Crippen LogP contribution in [0.1, 0.15) is 20.3 Å². The van der Waals surface area contributed by atoms with Crippen LogP contribution in [0.15, 0.2) is 24.5 Å². The normalized spacial score (nSPS) is 12.5. The van der Waals surface area contributed by atoms with Gasteiger partial charge in [-0.15, -0.1) is 0 Å². The fourth-order valence-electron chi connectivity index (χ4n) is 0.906. The number of nitrogens with zero attached hydrogens (tertiary/aromatic N) is 1. The van der Waals surface area contributed by atoms with Crippen molar-refractivity contribution in [1.29, 1.82) is 0 Å². The average molecular weight is 164 g/mol. The van der Waals surface area contributed by atoms with Crippen LogP contribution < -0.4 is 5.32 Å². The van der Waals surface area contributed by atoms with Gasteiger partial charge >= 0.3 is 0 Å². The highest BCUT2D eigenvalue weighted by Crippen LogP contribution is 2.06. The summed E-state index contributed by atoms with van der Waals surface area (Å²) in [5, 5.41) is 3.36. The number of anilines is 1. The Morgan fingerprint density at radius 2 is 2.08 bits per heavy atom. The molecule has 0 aromatic carbocycles. The summed E-state index contributed by atoms with van der Waals surface area (Å²) < 4.78 is 0. The molecule has 0 bridgehead atoms. The molecule has 1 aromatic rings. The largest absolute Gasteiger partial charge is 0.385 e. The molecule has 0 aliphatic rings. The summed E-state index contributed by atoms with van der Waals surface area (Å²) in [4.78, 5) is 3.95. The molecule has 2 nitrogen and oxygen atoms in total. The fraction of sp³-hybridized carbons (Fsp3) is 0.500. The van der Waals surface area contributed by atoms with Gasteiger partial charge in [-0.05, 0) is 18.1 Å². The van der Waals surface area contributed by atoms with Gasteiger partial charge in [0.25, 0.3) is 0 Å². The van der Waals surface area contributed by atoms with Crippen molar-refractivity contribution in [3.63, 3.8) is 0 Å². The molecule has 1 heterocycles. The van der Waals surface area contributed by atoms with E-state index in [1.54, 1.807) is 12.4 Å². The molecule has 0 amide bonds. The molecule has 2 heteroatoms. The Labute approximate surface area is 74.0 Å². The lowest BCUT2D eigenvalue weighted by Crippen LogP contribution is -2.09. The lowest BCUT2D eigenvalue weighted by atomic mass is 10.1. The Kier molecular flexibility index (Phi) is 3.58. The van der Waals surface area contributed by atoms with E-state index in [9.17, 15) is 0 Å². The zero-order chi connectivity index (χ0) is 8.81. The van der Waals surface area contributed by atoms with Gasteiger partial charge in [0.1, 0.15) is 0 Å². The average Bonchev–Trinajstić information content (AvgIpc) is 2.16. The third kappa shape index (κ3) is 2.91. The fourth-order valence-corrected chi connectivity index (χ4v) is 0.906. The molecule has 1 aromatic heterocycles. The third-order valence-corrected chi connectivity index (χ3v) is 2.03. The summed E-state index contributed by atoms with van der Waals surface area (Å²) in [6, 6.07) is 3.98. The molecule has 1 N–H and O–H groups in total. The molecule has 1 rings (SSSR count). The first kappa shape index (κ1) is 9.04. The van der Waals surface area contributed by atoms with Gasteiger partial charge < -0.3 is 5.32 Å². The van der Waals surface area contributed by atoms with Crippen molar-refractivity contribution < 1.29 is 0 Å². The highest BCUT2D eigenvalue weighted by molar-refractivity contribution is 5.40. The van der Waals surface area contributed by atoms with Gasteiger partial charge in [0.15, 0.2) is 0 Å². The number of rotatable bonds is 4. The Bertz CT molecular complexity index is 208. The van der Waals surface area contributed by atoms with Crippen LogP contribution in [-0.2, 0) is 0 Å². The van der Waals surface area contributed by atoms with E-state index in [1.165, 1.54) is 6.42 Å². The van der Waals surface area contributed by atoms with Crippen LogP contribution in [0.5, 0.6) is 0 Å². The Balaban J connectivity index is 2.33. The van der Waals surface area contributed by atoms with Crippen LogP contribution in [0.25, 0.3) is 0 Å². The van der Waals surface area contributed by atoms with Crippen LogP contribution >= 0.6 is 0 Å². The molecule has 1 unspecified atom stereocenters. The predicted molar refractivity (Wildman–Crippen MR) is 52.2 cm³/mol. The van der Waals surface area contributed by atoms with Crippen molar-refractivity contribution in [3.05, 3.63) is 24.5 Å². The van der Waals surface area contributed by atoms with E-state index in [0.29, 0.717) is 0 Å². The summed E-state index contributed by atoms with van der Waals surface area (Å²) in [5.74, 6) is 0.734. The molecule has 1 atom stereocenters. The van der Waals surface area contributed by atoms with E-state index in [0.717, 1.165) is 18.2 Å². The number of aromatic nitrogens is 1. The van der Waals surface area contributed by atoms with Crippen LogP contribution in [0.2, 0.25) is 0 Å². The van der Waals surface area contributed by atoms with Crippen molar-refractivity contribution in [2.45, 2.75) is 20.3 Å². The molecule has 0 aliphatic heterocycles. The second-order valence-electron chi connectivity index (χ2n) is 3.13. The Hall–Kier alpha value is -1.05. The third-order valence-electron chi connectivity index (χ3n) is 2.03. The second kappa shape index (κ2) is 4.75. The summed E-state index contributed by atoms with van der Waals surface area (Å²) in [6.45, 7) is 5.49. The minimum atomic E-state index is 0.734. The van der Waals surface area contributed by atoms with Gasteiger partial charge in [0, 0.05) is 24.6 Å². The standard InChI is InChI=1S/C10H16N2/c1-3-9(2)8-12-10-4-6-11-7-5-10/h4-7,9H,3,8H2,1-2H3,(H,11,12). The lowest BCUT2D eigenvalue weighted by Gasteiger charge is -2.10. The van der Waals surface area contributed by atoms with Crippen molar-refractivity contribution in [1.82, 2.24) is 4.98 Å². The first-order valence-corrected chi connectivity index (χ1v) is 4.46. The minimum Gasteiger partial charge on any atom is -0.385 e. The van der Waals surface area contributed by atoms with Crippen LogP contribution in [0.3, 0.4) is 0 Å². The van der Waals surface area contributed by atoms with Gasteiger partial charge in [0.2, 0.25) is 0 Å². The Morgan fingerprint density at radius 1 is 1.42 bits per heavy atom. The summed E-state index contributed by atoms with van der Waals surface area (Å²) in [7, 11) is 0. The first-order chi connectivity index (χ1) is 5.83. The second-order valence-corrected chi connectivity index (χ2v) is 3.13. The number of hydrogen-bond donors (Lipinski definition) is 1. The van der Waals surface area contributed by atoms with Crippen molar-refractivity contribution in [3.8, 4) is 0 Å². The smallest absolute Gasteiger partial charge is 0.0371 e. The zero-order valence-electron chi connectivity index (χ0n) is 7.75. The highest BCUT2D eigenvalue weighted by atomic mass is 14.9. The van der Waals surface area contributed by atoms with Crippen molar-refractivity contribution in [2.75, 3.05) is 11.9 Å². The topological polar surface area (TPSA) is 24.9 Å². The number of hydrogen-bond acceptors (Lipinski definition) is 2. The van der Waals surface area contributed by atoms with E-state index in [-0.39, 0.29) is 0 Å². The van der Waals surface area contributed by atoms with E-state index < -0.39 is 0 Å². The first-order valence-electron chi connectivity index (χ1n) is 4.46. The summed E-state index contributed by atoms with van der Waals surface area (Å²) in [5.41, 5.74) is 1.16. The van der Waals surface area contributed by atoms with Crippen LogP contribution in [0.4, 0.5) is 5.69 Å². The van der Waals surface area contributed by atoms with E-state index in [4.69, 9.17) is 0 Å². The van der Waals surface area contributed by atoms with E-state index in [1.807, 2.05) is 12.1 Å². The molecular formula is C10H16N2. The molecule has 0 radical (unpaired) electrons. The van der Waals surface area contributed by atoms with Crippen molar-refractivity contribution in [2.24, 2.45) is 5.92 Å². The molecule has 0 saturated heterocycles. The summed E-state index contributed by atoms with van der Waals surface area (Å²) in [6.07, 6.45) is 4.83. The maximum Gasteiger partial charge on any atom is 0.0371 e. The maximum absolute atomic E-state index is 3.95. The van der Waals surface area contributed by atoms with Gasteiger partial charge in [-0.2, -0.15) is 0 Å². The Morgan fingerprint density at radius 3 is 2.67 bits per heavy atom. The molecule has 12 heavy (non-hydrogen) atoms. The summed E-state index contributed by atoms with van der Waals surface area (Å²) >= 11 is 0. The van der Waals surface area contributed by atoms with Gasteiger partial charge in [-0.25, -0.2) is 0 Å². The molecule has 0 saturated carbocycles. The number of pyridine rings is 1. The molecule has 0 fully saturated rings. The van der Waals surface area contributed by atoms with Crippen LogP contribution in [-0.4, -0.2) is 11.5 Å². The van der Waals surface area contributed by atoms with Gasteiger partial charge in [-0.3, -0.25) is 4.98 Å². The zero-order valence-corrected chi connectivity index (χ0v) is 7.75. The van der Waals surface area contributed by atoms with Gasteiger partial charge in [0.05, 0.1) is 0 Å². The maximum atomic E-state index is 3.95.